The maximum atomic E-state index is 11.5. The lowest BCUT2D eigenvalue weighted by atomic mass is 10.2. The van der Waals surface area contributed by atoms with Gasteiger partial charge >= 0.3 is 5.97 Å². The van der Waals surface area contributed by atoms with Crippen LogP contribution in [0.1, 0.15) is 32.1 Å². The first-order valence-electron chi connectivity index (χ1n) is 6.21. The van der Waals surface area contributed by atoms with E-state index in [1.807, 2.05) is 0 Å². The fourth-order valence-corrected chi connectivity index (χ4v) is 1.68. The summed E-state index contributed by atoms with van der Waals surface area (Å²) in [6.45, 7) is 1.51. The predicted molar refractivity (Wildman–Crippen MR) is 60.1 cm³/mol. The average Bonchev–Trinajstić information content (AvgIpc) is 3.14. The molecule has 2 saturated carbocycles. The Morgan fingerprint density at radius 2 is 2.12 bits per heavy atom. The molecule has 1 atom stereocenters. The van der Waals surface area contributed by atoms with E-state index >= 15 is 0 Å². The van der Waals surface area contributed by atoms with Gasteiger partial charge in [-0.05, 0) is 38.0 Å². The van der Waals surface area contributed by atoms with Gasteiger partial charge in [0.15, 0.2) is 0 Å². The number of carbonyl (C=O) groups is 1. The number of hydrogen-bond donors (Lipinski definition) is 1. The summed E-state index contributed by atoms with van der Waals surface area (Å²) >= 11 is 0. The molecule has 0 aliphatic heterocycles. The first-order chi connectivity index (χ1) is 7.79. The Bertz CT molecular complexity index is 236. The molecule has 4 heteroatoms. The van der Waals surface area contributed by atoms with E-state index in [9.17, 15) is 4.79 Å². The summed E-state index contributed by atoms with van der Waals surface area (Å²) in [5.74, 6) is 0.620. The van der Waals surface area contributed by atoms with Crippen molar-refractivity contribution in [2.24, 2.45) is 5.92 Å². The molecule has 0 amide bonds. The number of esters is 1. The first-order valence-corrected chi connectivity index (χ1v) is 6.21. The molecule has 92 valence electrons. The zero-order valence-corrected chi connectivity index (χ0v) is 9.91. The van der Waals surface area contributed by atoms with Gasteiger partial charge in [-0.1, -0.05) is 0 Å². The van der Waals surface area contributed by atoms with Gasteiger partial charge in [0.1, 0.15) is 6.04 Å². The molecule has 2 fully saturated rings. The Hall–Kier alpha value is -0.610. The van der Waals surface area contributed by atoms with E-state index in [4.69, 9.17) is 9.47 Å². The zero-order valence-electron chi connectivity index (χ0n) is 9.91. The number of carbonyl (C=O) groups excluding carboxylic acids is 1. The van der Waals surface area contributed by atoms with E-state index in [0.717, 1.165) is 18.9 Å². The van der Waals surface area contributed by atoms with Crippen molar-refractivity contribution in [1.29, 1.82) is 0 Å². The molecular formula is C12H21NO3. The molecule has 0 bridgehead atoms. The van der Waals surface area contributed by atoms with Gasteiger partial charge < -0.3 is 14.8 Å². The number of nitrogens with one attached hydrogen (secondary N) is 1. The van der Waals surface area contributed by atoms with E-state index in [-0.39, 0.29) is 12.0 Å². The maximum Gasteiger partial charge on any atom is 0.322 e. The van der Waals surface area contributed by atoms with Crippen molar-refractivity contribution in [3.05, 3.63) is 0 Å². The first kappa shape index (κ1) is 11.9. The second-order valence-electron chi connectivity index (χ2n) is 4.82. The summed E-state index contributed by atoms with van der Waals surface area (Å²) in [6, 6.07) is 0.337. The topological polar surface area (TPSA) is 47.6 Å². The van der Waals surface area contributed by atoms with Crippen molar-refractivity contribution in [3.8, 4) is 0 Å². The van der Waals surface area contributed by atoms with Crippen LogP contribution in [0.15, 0.2) is 0 Å². The highest BCUT2D eigenvalue weighted by molar-refractivity contribution is 5.75. The van der Waals surface area contributed by atoms with E-state index in [2.05, 4.69) is 5.32 Å². The van der Waals surface area contributed by atoms with Crippen molar-refractivity contribution < 1.29 is 14.3 Å². The number of hydrogen-bond acceptors (Lipinski definition) is 4. The van der Waals surface area contributed by atoms with Crippen molar-refractivity contribution in [2.45, 2.75) is 44.2 Å². The van der Waals surface area contributed by atoms with Gasteiger partial charge in [-0.2, -0.15) is 0 Å². The number of ether oxygens (including phenoxy) is 2. The van der Waals surface area contributed by atoms with Gasteiger partial charge in [-0.3, -0.25) is 4.79 Å². The third kappa shape index (κ3) is 4.10. The fraction of sp³-hybridized carbons (Fsp3) is 0.917. The summed E-state index contributed by atoms with van der Waals surface area (Å²) in [6.07, 6.45) is 5.68. The quantitative estimate of drug-likeness (QED) is 0.498. The molecule has 0 aromatic rings. The molecule has 0 saturated heterocycles. The normalized spacial score (nSPS) is 21.8. The van der Waals surface area contributed by atoms with Crippen LogP contribution >= 0.6 is 0 Å². The summed E-state index contributed by atoms with van der Waals surface area (Å²) in [5, 5.41) is 3.29. The van der Waals surface area contributed by atoms with E-state index in [1.165, 1.54) is 32.8 Å². The van der Waals surface area contributed by atoms with Gasteiger partial charge in [0.2, 0.25) is 0 Å². The van der Waals surface area contributed by atoms with Crippen molar-refractivity contribution in [3.63, 3.8) is 0 Å². The van der Waals surface area contributed by atoms with Crippen LogP contribution in [0.25, 0.3) is 0 Å². The predicted octanol–water partition coefficient (Wildman–Crippen LogP) is 1.10. The highest BCUT2D eigenvalue weighted by Crippen LogP contribution is 2.28. The highest BCUT2D eigenvalue weighted by Gasteiger charge is 2.29. The van der Waals surface area contributed by atoms with Crippen molar-refractivity contribution in [1.82, 2.24) is 5.32 Å². The standard InChI is InChI=1S/C12H21NO3/c1-15-12(14)11(13-10-4-5-10)6-7-16-8-9-2-3-9/h9-11,13H,2-8H2,1H3. The Balaban J connectivity index is 1.61. The van der Waals surface area contributed by atoms with Crippen LogP contribution in [0.3, 0.4) is 0 Å². The van der Waals surface area contributed by atoms with Crippen molar-refractivity contribution in [2.75, 3.05) is 20.3 Å². The summed E-state index contributed by atoms with van der Waals surface area (Å²) < 4.78 is 10.3. The zero-order chi connectivity index (χ0) is 11.4. The molecule has 1 unspecified atom stereocenters. The van der Waals surface area contributed by atoms with Crippen LogP contribution in [0, 0.1) is 5.92 Å². The molecular weight excluding hydrogens is 206 g/mol. The second-order valence-corrected chi connectivity index (χ2v) is 4.82. The third-order valence-corrected chi connectivity index (χ3v) is 3.10. The SMILES string of the molecule is COC(=O)C(CCOCC1CC1)NC1CC1. The minimum absolute atomic E-state index is 0.165. The highest BCUT2D eigenvalue weighted by atomic mass is 16.5. The monoisotopic (exact) mass is 227 g/mol. The minimum atomic E-state index is -0.184. The Morgan fingerprint density at radius 1 is 1.38 bits per heavy atom. The Morgan fingerprint density at radius 3 is 2.69 bits per heavy atom. The van der Waals surface area contributed by atoms with Gasteiger partial charge in [0.05, 0.1) is 7.11 Å². The van der Waals surface area contributed by atoms with Crippen LogP contribution in [0.2, 0.25) is 0 Å². The van der Waals surface area contributed by atoms with Crippen LogP contribution in [0.5, 0.6) is 0 Å². The molecule has 0 radical (unpaired) electrons. The van der Waals surface area contributed by atoms with Gasteiger partial charge in [0, 0.05) is 19.3 Å². The maximum absolute atomic E-state index is 11.5. The van der Waals surface area contributed by atoms with Gasteiger partial charge in [-0.15, -0.1) is 0 Å². The molecule has 16 heavy (non-hydrogen) atoms. The van der Waals surface area contributed by atoms with Crippen LogP contribution in [0.4, 0.5) is 0 Å². The minimum Gasteiger partial charge on any atom is -0.468 e. The molecule has 2 aliphatic rings. The Labute approximate surface area is 96.7 Å². The molecule has 0 spiro atoms. The van der Waals surface area contributed by atoms with Gasteiger partial charge in [0.25, 0.3) is 0 Å². The summed E-state index contributed by atoms with van der Waals surface area (Å²) in [7, 11) is 1.44. The molecule has 1 N–H and O–H groups in total. The van der Waals surface area contributed by atoms with Crippen LogP contribution < -0.4 is 5.32 Å². The molecule has 4 nitrogen and oxygen atoms in total. The van der Waals surface area contributed by atoms with Gasteiger partial charge in [-0.25, -0.2) is 0 Å². The molecule has 2 aliphatic carbocycles. The number of methoxy groups -OCH3 is 1. The van der Waals surface area contributed by atoms with Crippen LogP contribution in [-0.4, -0.2) is 38.4 Å². The number of rotatable bonds is 8. The van der Waals surface area contributed by atoms with Crippen molar-refractivity contribution >= 4 is 5.97 Å². The second kappa shape index (κ2) is 5.64. The van der Waals surface area contributed by atoms with Crippen LogP contribution in [-0.2, 0) is 14.3 Å². The largest absolute Gasteiger partial charge is 0.468 e. The smallest absolute Gasteiger partial charge is 0.322 e. The lowest BCUT2D eigenvalue weighted by molar-refractivity contribution is -0.143. The Kier molecular flexibility index (Phi) is 4.18. The summed E-state index contributed by atoms with van der Waals surface area (Å²) in [5.41, 5.74) is 0. The summed E-state index contributed by atoms with van der Waals surface area (Å²) in [4.78, 5) is 11.5. The van der Waals surface area contributed by atoms with E-state index in [1.54, 1.807) is 0 Å². The van der Waals surface area contributed by atoms with E-state index in [0.29, 0.717) is 12.6 Å². The molecule has 0 heterocycles. The third-order valence-electron chi connectivity index (χ3n) is 3.10. The average molecular weight is 227 g/mol. The van der Waals surface area contributed by atoms with E-state index < -0.39 is 0 Å². The molecule has 2 rings (SSSR count). The lowest BCUT2D eigenvalue weighted by Crippen LogP contribution is -2.39. The molecule has 0 aromatic heterocycles. The fourth-order valence-electron chi connectivity index (χ4n) is 1.68. The lowest BCUT2D eigenvalue weighted by Gasteiger charge is -2.15. The molecule has 0 aromatic carbocycles.